The van der Waals surface area contributed by atoms with Crippen molar-refractivity contribution in [3.8, 4) is 16.9 Å². The highest BCUT2D eigenvalue weighted by atomic mass is 15.3. The predicted octanol–water partition coefficient (Wildman–Crippen LogP) is 8.72. The Morgan fingerprint density at radius 1 is 0.591 bits per heavy atom. The van der Waals surface area contributed by atoms with Gasteiger partial charge in [-0.15, -0.1) is 0 Å². The first kappa shape index (κ1) is 24.9. The van der Waals surface area contributed by atoms with Crippen LogP contribution in [-0.4, -0.2) is 28.2 Å². The first-order valence-corrected chi connectivity index (χ1v) is 15.1. The van der Waals surface area contributed by atoms with Crippen molar-refractivity contribution in [2.45, 2.75) is 5.41 Å². The molecule has 0 unspecified atom stereocenters. The quantitative estimate of drug-likeness (QED) is 0.213. The number of para-hydroxylation sites is 1. The van der Waals surface area contributed by atoms with E-state index in [4.69, 9.17) is 4.98 Å². The summed E-state index contributed by atoms with van der Waals surface area (Å²) in [4.78, 5) is 9.32. The second-order valence-electron chi connectivity index (χ2n) is 11.8. The molecule has 0 fully saturated rings. The molecule has 0 N–H and O–H groups in total. The molecule has 0 atom stereocenters. The van der Waals surface area contributed by atoms with E-state index in [9.17, 15) is 0 Å². The highest BCUT2D eigenvalue weighted by molar-refractivity contribution is 6.09. The smallest absolute Gasteiger partial charge is 0.137 e. The third-order valence-corrected chi connectivity index (χ3v) is 9.42. The van der Waals surface area contributed by atoms with Crippen molar-refractivity contribution in [1.29, 1.82) is 0 Å². The Labute approximate surface area is 256 Å². The summed E-state index contributed by atoms with van der Waals surface area (Å²) in [6.45, 7) is 0.833. The molecule has 0 saturated heterocycles. The average Bonchev–Trinajstić information content (AvgIpc) is 3.76. The molecule has 2 aliphatic rings. The van der Waals surface area contributed by atoms with E-state index in [1.807, 2.05) is 12.3 Å². The Kier molecular flexibility index (Phi) is 5.36. The van der Waals surface area contributed by atoms with Crippen LogP contribution >= 0.6 is 0 Å². The van der Waals surface area contributed by atoms with Crippen molar-refractivity contribution in [3.63, 3.8) is 0 Å². The molecule has 0 radical (unpaired) electrons. The van der Waals surface area contributed by atoms with E-state index < -0.39 is 5.41 Å². The van der Waals surface area contributed by atoms with Gasteiger partial charge in [-0.05, 0) is 69.8 Å². The second-order valence-corrected chi connectivity index (χ2v) is 11.8. The predicted molar refractivity (Wildman–Crippen MR) is 180 cm³/mol. The first-order chi connectivity index (χ1) is 21.7. The van der Waals surface area contributed by atoms with Crippen LogP contribution in [0.15, 0.2) is 152 Å². The summed E-state index contributed by atoms with van der Waals surface area (Å²) in [5.41, 5.74) is 10.7. The molecule has 1 aliphatic heterocycles. The molecule has 210 valence electrons. The van der Waals surface area contributed by atoms with Gasteiger partial charge in [0.25, 0.3) is 0 Å². The van der Waals surface area contributed by atoms with E-state index in [1.165, 1.54) is 49.8 Å². The number of rotatable bonds is 4. The lowest BCUT2D eigenvalue weighted by Crippen LogP contribution is -2.29. The van der Waals surface area contributed by atoms with Gasteiger partial charge in [0.1, 0.15) is 5.82 Å². The summed E-state index contributed by atoms with van der Waals surface area (Å²) in [6, 6.07) is 48.9. The first-order valence-electron chi connectivity index (χ1n) is 15.1. The number of hydrogen-bond donors (Lipinski definition) is 0. The van der Waals surface area contributed by atoms with Gasteiger partial charge in [0.15, 0.2) is 0 Å². The van der Waals surface area contributed by atoms with Crippen molar-refractivity contribution in [2.75, 3.05) is 18.6 Å². The molecule has 9 rings (SSSR count). The van der Waals surface area contributed by atoms with Crippen LogP contribution in [0, 0.1) is 0 Å². The van der Waals surface area contributed by atoms with E-state index in [-0.39, 0.29) is 0 Å². The van der Waals surface area contributed by atoms with Gasteiger partial charge in [-0.1, -0.05) is 97.1 Å². The maximum Gasteiger partial charge on any atom is 0.137 e. The third kappa shape index (κ3) is 3.42. The lowest BCUT2D eigenvalue weighted by molar-refractivity contribution is 0.495. The summed E-state index contributed by atoms with van der Waals surface area (Å²) in [5.74, 6) is 0.920. The van der Waals surface area contributed by atoms with Crippen LogP contribution in [0.5, 0.6) is 0 Å². The minimum atomic E-state index is -0.502. The van der Waals surface area contributed by atoms with Crippen LogP contribution in [0.2, 0.25) is 0 Å². The van der Waals surface area contributed by atoms with Gasteiger partial charge in [0.05, 0.1) is 23.1 Å². The zero-order valence-corrected chi connectivity index (χ0v) is 24.4. The fraction of sp³-hybridized carbons (Fsp3) is 0.0750. The lowest BCUT2D eigenvalue weighted by atomic mass is 9.67. The van der Waals surface area contributed by atoms with Gasteiger partial charge in [-0.2, -0.15) is 0 Å². The molecule has 0 amide bonds. The van der Waals surface area contributed by atoms with Crippen molar-refractivity contribution < 1.29 is 0 Å². The number of nitrogens with zero attached hydrogens (tertiary/aromatic N) is 4. The van der Waals surface area contributed by atoms with Crippen molar-refractivity contribution in [1.82, 2.24) is 14.5 Å². The van der Waals surface area contributed by atoms with E-state index in [0.29, 0.717) is 0 Å². The summed E-state index contributed by atoms with van der Waals surface area (Å²) in [5, 5.41) is 2.46. The van der Waals surface area contributed by atoms with Crippen LogP contribution < -0.4 is 4.90 Å². The average molecular weight is 567 g/mol. The number of aromatic nitrogens is 2. The topological polar surface area (TPSA) is 24.3 Å². The Morgan fingerprint density at radius 2 is 1.30 bits per heavy atom. The van der Waals surface area contributed by atoms with Gasteiger partial charge < -0.3 is 9.80 Å². The lowest BCUT2D eigenvalue weighted by Gasteiger charge is -2.34. The Hall–Kier alpha value is -5.61. The molecule has 0 saturated carbocycles. The number of anilines is 1. The zero-order valence-electron chi connectivity index (χ0n) is 24.4. The van der Waals surface area contributed by atoms with Crippen molar-refractivity contribution >= 4 is 27.5 Å². The van der Waals surface area contributed by atoms with Gasteiger partial charge in [-0.3, -0.25) is 4.57 Å². The summed E-state index contributed by atoms with van der Waals surface area (Å²) in [7, 11) is 2.11. The standard InChI is InChI=1S/C40H30N4/c1-42-23-24-43(27-42)30-12-10-11-28(25-30)40(35-16-5-2-13-31(35)32-14-3-6-17-36(32)40)29-20-21-34-33-15-4-7-18-37(33)44(38(34)26-29)39-19-8-9-22-41-39/h2-26H,27H2,1H3. The van der Waals surface area contributed by atoms with Crippen molar-refractivity contribution in [2.24, 2.45) is 0 Å². The fourth-order valence-corrected chi connectivity index (χ4v) is 7.57. The second kappa shape index (κ2) is 9.45. The molecule has 2 aromatic heterocycles. The normalized spacial score (nSPS) is 14.8. The number of fused-ring (bicyclic) bond motifs is 6. The van der Waals surface area contributed by atoms with E-state index in [0.717, 1.165) is 23.5 Å². The molecule has 5 aromatic carbocycles. The zero-order chi connectivity index (χ0) is 29.3. The molecule has 0 bridgehead atoms. The molecule has 4 heteroatoms. The SMILES string of the molecule is CN1C=CN(c2cccc(C3(c4ccc5c6ccccc6n(-c6ccccn6)c5c4)c4ccccc4-c4ccccc43)c2)C1. The van der Waals surface area contributed by atoms with Gasteiger partial charge >= 0.3 is 0 Å². The summed E-state index contributed by atoms with van der Waals surface area (Å²) >= 11 is 0. The number of pyridine rings is 1. The van der Waals surface area contributed by atoms with E-state index >= 15 is 0 Å². The van der Waals surface area contributed by atoms with Gasteiger partial charge in [0, 0.05) is 42.1 Å². The summed E-state index contributed by atoms with van der Waals surface area (Å²) in [6.07, 6.45) is 6.17. The van der Waals surface area contributed by atoms with Gasteiger partial charge in [0.2, 0.25) is 0 Å². The monoisotopic (exact) mass is 566 g/mol. The number of benzene rings is 5. The molecule has 1 aliphatic carbocycles. The Balaban J connectivity index is 1.39. The Morgan fingerprint density at radius 3 is 2.05 bits per heavy atom. The minimum absolute atomic E-state index is 0.502. The highest BCUT2D eigenvalue weighted by Gasteiger charge is 2.46. The Bertz CT molecular complexity index is 2200. The summed E-state index contributed by atoms with van der Waals surface area (Å²) < 4.78 is 2.32. The molecule has 7 aromatic rings. The van der Waals surface area contributed by atoms with Crippen LogP contribution in [0.4, 0.5) is 5.69 Å². The number of hydrogen-bond acceptors (Lipinski definition) is 3. The maximum absolute atomic E-state index is 4.80. The van der Waals surface area contributed by atoms with E-state index in [1.54, 1.807) is 0 Å². The van der Waals surface area contributed by atoms with Crippen LogP contribution in [0.25, 0.3) is 38.8 Å². The maximum atomic E-state index is 4.80. The highest BCUT2D eigenvalue weighted by Crippen LogP contribution is 2.56. The van der Waals surface area contributed by atoms with Crippen LogP contribution in [0.3, 0.4) is 0 Å². The van der Waals surface area contributed by atoms with Crippen molar-refractivity contribution in [3.05, 3.63) is 174 Å². The fourth-order valence-electron chi connectivity index (χ4n) is 7.57. The third-order valence-electron chi connectivity index (χ3n) is 9.42. The molecule has 4 nitrogen and oxygen atoms in total. The molecule has 3 heterocycles. The largest absolute Gasteiger partial charge is 0.361 e. The molecule has 44 heavy (non-hydrogen) atoms. The minimum Gasteiger partial charge on any atom is -0.361 e. The van der Waals surface area contributed by atoms with Crippen LogP contribution in [-0.2, 0) is 5.41 Å². The van der Waals surface area contributed by atoms with Gasteiger partial charge in [-0.25, -0.2) is 4.98 Å². The molecule has 0 spiro atoms. The van der Waals surface area contributed by atoms with E-state index in [2.05, 4.69) is 161 Å². The molecular formula is C40H30N4. The molecular weight excluding hydrogens is 536 g/mol. The van der Waals surface area contributed by atoms with Crippen LogP contribution in [0.1, 0.15) is 22.3 Å².